The summed E-state index contributed by atoms with van der Waals surface area (Å²) in [4.78, 5) is 24.4. The van der Waals surface area contributed by atoms with Crippen LogP contribution in [0.5, 0.6) is 0 Å². The van der Waals surface area contributed by atoms with Crippen LogP contribution in [0, 0.1) is 5.92 Å². The molecule has 4 heteroatoms. The molecular formula is C11H19NO3. The predicted molar refractivity (Wildman–Crippen MR) is 56.6 cm³/mol. The Balaban J connectivity index is 2.47. The molecule has 0 radical (unpaired) electrons. The number of ketones is 1. The largest absolute Gasteiger partial charge is 0.444 e. The van der Waals surface area contributed by atoms with Crippen LogP contribution in [-0.4, -0.2) is 35.5 Å². The van der Waals surface area contributed by atoms with E-state index in [1.807, 2.05) is 20.8 Å². The Kier molecular flexibility index (Phi) is 3.37. The number of carbonyl (C=O) groups is 2. The maximum Gasteiger partial charge on any atom is 0.410 e. The highest BCUT2D eigenvalue weighted by atomic mass is 16.6. The number of Topliss-reactive ketones (excluding diaryl/α,β-unsaturated/α-hetero) is 1. The summed E-state index contributed by atoms with van der Waals surface area (Å²) in [5.74, 6) is 0.151. The average molecular weight is 213 g/mol. The van der Waals surface area contributed by atoms with E-state index in [0.717, 1.165) is 6.42 Å². The first-order valence-corrected chi connectivity index (χ1v) is 5.28. The van der Waals surface area contributed by atoms with Crippen LogP contribution in [0.25, 0.3) is 0 Å². The molecule has 1 heterocycles. The molecule has 86 valence electrons. The van der Waals surface area contributed by atoms with Crippen molar-refractivity contribution in [2.75, 3.05) is 13.1 Å². The third kappa shape index (κ3) is 3.53. The van der Waals surface area contributed by atoms with Crippen molar-refractivity contribution in [2.45, 2.75) is 39.7 Å². The van der Waals surface area contributed by atoms with E-state index in [4.69, 9.17) is 4.74 Å². The smallest absolute Gasteiger partial charge is 0.410 e. The first-order chi connectivity index (χ1) is 6.79. The van der Waals surface area contributed by atoms with Crippen LogP contribution in [-0.2, 0) is 9.53 Å². The van der Waals surface area contributed by atoms with Gasteiger partial charge in [0.15, 0.2) is 0 Å². The zero-order chi connectivity index (χ0) is 11.6. The van der Waals surface area contributed by atoms with Crippen LogP contribution in [0.2, 0.25) is 0 Å². The van der Waals surface area contributed by atoms with Crippen molar-refractivity contribution in [3.05, 3.63) is 0 Å². The zero-order valence-corrected chi connectivity index (χ0v) is 9.87. The Morgan fingerprint density at radius 3 is 2.33 bits per heavy atom. The van der Waals surface area contributed by atoms with Crippen molar-refractivity contribution in [2.24, 2.45) is 5.92 Å². The summed E-state index contributed by atoms with van der Waals surface area (Å²) in [6, 6.07) is 0. The van der Waals surface area contributed by atoms with Crippen molar-refractivity contribution >= 4 is 11.9 Å². The second-order valence-electron chi connectivity index (χ2n) is 5.02. The molecule has 1 aliphatic heterocycles. The van der Waals surface area contributed by atoms with Crippen molar-refractivity contribution < 1.29 is 14.3 Å². The summed E-state index contributed by atoms with van der Waals surface area (Å²) in [5, 5.41) is 0. The molecule has 0 N–H and O–H groups in total. The number of nitrogens with zero attached hydrogens (tertiary/aromatic N) is 1. The van der Waals surface area contributed by atoms with E-state index in [1.54, 1.807) is 11.8 Å². The Hall–Kier alpha value is -1.06. The molecule has 1 aliphatic rings. The molecule has 0 aliphatic carbocycles. The van der Waals surface area contributed by atoms with Crippen molar-refractivity contribution in [3.8, 4) is 0 Å². The summed E-state index contributed by atoms with van der Waals surface area (Å²) in [7, 11) is 0. The monoisotopic (exact) mass is 213 g/mol. The predicted octanol–water partition coefficient (Wildman–Crippen LogP) is 1.83. The normalized spacial score (nSPS) is 21.6. The van der Waals surface area contributed by atoms with Gasteiger partial charge in [0.2, 0.25) is 0 Å². The third-order valence-electron chi connectivity index (χ3n) is 2.41. The summed E-state index contributed by atoms with van der Waals surface area (Å²) >= 11 is 0. The quantitative estimate of drug-likeness (QED) is 0.667. The van der Waals surface area contributed by atoms with Gasteiger partial charge in [0, 0.05) is 19.0 Å². The minimum atomic E-state index is -0.467. The van der Waals surface area contributed by atoms with Crippen LogP contribution < -0.4 is 0 Å². The zero-order valence-electron chi connectivity index (χ0n) is 9.87. The van der Waals surface area contributed by atoms with E-state index >= 15 is 0 Å². The van der Waals surface area contributed by atoms with Gasteiger partial charge >= 0.3 is 6.09 Å². The number of carbonyl (C=O) groups excluding carboxylic acids is 2. The molecule has 1 atom stereocenters. The van der Waals surface area contributed by atoms with Crippen LogP contribution in [0.1, 0.15) is 34.1 Å². The molecule has 0 bridgehead atoms. The van der Waals surface area contributed by atoms with Gasteiger partial charge in [-0.05, 0) is 34.1 Å². The average Bonchev–Trinajstić information content (AvgIpc) is 2.47. The highest BCUT2D eigenvalue weighted by Gasteiger charge is 2.31. The number of rotatable bonds is 1. The van der Waals surface area contributed by atoms with Gasteiger partial charge in [0.05, 0.1) is 0 Å². The topological polar surface area (TPSA) is 46.6 Å². The molecule has 15 heavy (non-hydrogen) atoms. The molecule has 0 aromatic heterocycles. The van der Waals surface area contributed by atoms with Gasteiger partial charge < -0.3 is 9.64 Å². The molecule has 0 aromatic rings. The number of ether oxygens (including phenoxy) is 1. The highest BCUT2D eigenvalue weighted by molar-refractivity contribution is 5.80. The lowest BCUT2D eigenvalue weighted by molar-refractivity contribution is -0.120. The summed E-state index contributed by atoms with van der Waals surface area (Å²) in [6.45, 7) is 8.21. The van der Waals surface area contributed by atoms with Crippen LogP contribution in [0.3, 0.4) is 0 Å². The number of likely N-dealkylation sites (tertiary alicyclic amines) is 1. The van der Waals surface area contributed by atoms with Crippen LogP contribution in [0.15, 0.2) is 0 Å². The third-order valence-corrected chi connectivity index (χ3v) is 2.41. The molecular weight excluding hydrogens is 194 g/mol. The Labute approximate surface area is 90.6 Å². The molecule has 0 spiro atoms. The minimum Gasteiger partial charge on any atom is -0.444 e. The van der Waals surface area contributed by atoms with Crippen molar-refractivity contribution in [1.82, 2.24) is 4.90 Å². The van der Waals surface area contributed by atoms with Gasteiger partial charge in [-0.1, -0.05) is 0 Å². The van der Waals surface area contributed by atoms with E-state index in [-0.39, 0.29) is 17.8 Å². The fourth-order valence-corrected chi connectivity index (χ4v) is 1.58. The summed E-state index contributed by atoms with van der Waals surface area (Å²) < 4.78 is 5.23. The Morgan fingerprint density at radius 2 is 1.93 bits per heavy atom. The molecule has 1 rings (SSSR count). The minimum absolute atomic E-state index is 0.00230. The second-order valence-corrected chi connectivity index (χ2v) is 5.02. The molecule has 1 saturated heterocycles. The van der Waals surface area contributed by atoms with E-state index in [0.29, 0.717) is 13.1 Å². The molecule has 0 saturated carbocycles. The second kappa shape index (κ2) is 4.21. The van der Waals surface area contributed by atoms with Gasteiger partial charge in [-0.25, -0.2) is 4.79 Å². The maximum absolute atomic E-state index is 11.6. The molecule has 0 aromatic carbocycles. The Bertz CT molecular complexity index is 267. The van der Waals surface area contributed by atoms with Gasteiger partial charge in [0.1, 0.15) is 11.4 Å². The molecule has 1 unspecified atom stereocenters. The van der Waals surface area contributed by atoms with E-state index in [2.05, 4.69) is 0 Å². The fourth-order valence-electron chi connectivity index (χ4n) is 1.58. The summed E-state index contributed by atoms with van der Waals surface area (Å²) in [5.41, 5.74) is -0.467. The fraction of sp³-hybridized carbons (Fsp3) is 0.818. The Morgan fingerprint density at radius 1 is 1.33 bits per heavy atom. The maximum atomic E-state index is 11.6. The van der Waals surface area contributed by atoms with E-state index in [9.17, 15) is 9.59 Å². The lowest BCUT2D eigenvalue weighted by atomic mass is 10.1. The molecule has 1 amide bonds. The van der Waals surface area contributed by atoms with Crippen LogP contribution in [0.4, 0.5) is 4.79 Å². The SMILES string of the molecule is CC(=O)C1CCN(C(=O)OC(C)(C)C)C1. The van der Waals surface area contributed by atoms with Crippen molar-refractivity contribution in [1.29, 1.82) is 0 Å². The lowest BCUT2D eigenvalue weighted by Gasteiger charge is -2.24. The number of amides is 1. The van der Waals surface area contributed by atoms with Gasteiger partial charge in [-0.3, -0.25) is 4.79 Å². The first kappa shape index (κ1) is 12.0. The van der Waals surface area contributed by atoms with E-state index in [1.165, 1.54) is 0 Å². The van der Waals surface area contributed by atoms with Gasteiger partial charge in [-0.15, -0.1) is 0 Å². The van der Waals surface area contributed by atoms with Gasteiger partial charge in [0.25, 0.3) is 0 Å². The standard InChI is InChI=1S/C11H19NO3/c1-8(13)9-5-6-12(7-9)10(14)15-11(2,3)4/h9H,5-7H2,1-4H3. The lowest BCUT2D eigenvalue weighted by Crippen LogP contribution is -2.35. The summed E-state index contributed by atoms with van der Waals surface area (Å²) in [6.07, 6.45) is 0.445. The molecule has 4 nitrogen and oxygen atoms in total. The highest BCUT2D eigenvalue weighted by Crippen LogP contribution is 2.19. The number of hydrogen-bond donors (Lipinski definition) is 0. The molecule has 1 fully saturated rings. The first-order valence-electron chi connectivity index (χ1n) is 5.28. The van der Waals surface area contributed by atoms with E-state index < -0.39 is 5.60 Å². The van der Waals surface area contributed by atoms with Crippen LogP contribution >= 0.6 is 0 Å². The number of hydrogen-bond acceptors (Lipinski definition) is 3. The van der Waals surface area contributed by atoms with Crippen molar-refractivity contribution in [3.63, 3.8) is 0 Å². The van der Waals surface area contributed by atoms with Gasteiger partial charge in [-0.2, -0.15) is 0 Å².